The smallest absolute Gasteiger partial charge is 0.183 e. The molecule has 3 aliphatic rings. The standard InChI is InChI=1S/C19H21ClN6O/c1-9-14(15(12-5-6-12)23-8-22-9)17-21-7-13-18(25-17)26(10(2)11-3-4-11)19(27)16(20)24-13/h7-8,10-12,19,27H,3-6H2,1-2H3/t10-,19?/m0/s1. The molecule has 2 fully saturated rings. The molecule has 2 saturated carbocycles. The molecule has 2 aromatic rings. The van der Waals surface area contributed by atoms with Crippen LogP contribution in [-0.2, 0) is 0 Å². The second-order valence-corrected chi connectivity index (χ2v) is 8.08. The number of aliphatic imine (C=N–C) groups is 1. The first kappa shape index (κ1) is 17.0. The summed E-state index contributed by atoms with van der Waals surface area (Å²) in [7, 11) is 0. The van der Waals surface area contributed by atoms with Crippen LogP contribution in [0.4, 0.5) is 11.5 Å². The van der Waals surface area contributed by atoms with E-state index in [-0.39, 0.29) is 11.2 Å². The van der Waals surface area contributed by atoms with Crippen molar-refractivity contribution in [1.29, 1.82) is 0 Å². The van der Waals surface area contributed by atoms with E-state index >= 15 is 0 Å². The fraction of sp³-hybridized carbons (Fsp3) is 0.526. The van der Waals surface area contributed by atoms with E-state index in [1.54, 1.807) is 12.5 Å². The van der Waals surface area contributed by atoms with E-state index in [4.69, 9.17) is 16.6 Å². The first-order valence-electron chi connectivity index (χ1n) is 9.44. The lowest BCUT2D eigenvalue weighted by Crippen LogP contribution is -2.48. The van der Waals surface area contributed by atoms with Gasteiger partial charge in [-0.1, -0.05) is 11.6 Å². The van der Waals surface area contributed by atoms with E-state index in [0.717, 1.165) is 42.6 Å². The zero-order chi connectivity index (χ0) is 18.7. The number of aromatic nitrogens is 4. The van der Waals surface area contributed by atoms with Crippen molar-refractivity contribution in [3.05, 3.63) is 23.9 Å². The maximum absolute atomic E-state index is 10.7. The third kappa shape index (κ3) is 2.89. The highest BCUT2D eigenvalue weighted by atomic mass is 35.5. The quantitative estimate of drug-likeness (QED) is 0.869. The lowest BCUT2D eigenvalue weighted by atomic mass is 10.1. The summed E-state index contributed by atoms with van der Waals surface area (Å²) in [5, 5.41) is 10.8. The first-order chi connectivity index (χ1) is 13.0. The van der Waals surface area contributed by atoms with Crippen LogP contribution < -0.4 is 4.90 Å². The van der Waals surface area contributed by atoms with Gasteiger partial charge in [-0.15, -0.1) is 0 Å². The van der Waals surface area contributed by atoms with Gasteiger partial charge in [-0.2, -0.15) is 0 Å². The van der Waals surface area contributed by atoms with Crippen LogP contribution in [0.1, 0.15) is 49.9 Å². The van der Waals surface area contributed by atoms with Crippen molar-refractivity contribution >= 4 is 28.3 Å². The minimum absolute atomic E-state index is 0.127. The predicted molar refractivity (Wildman–Crippen MR) is 103 cm³/mol. The number of hydrogen-bond donors (Lipinski definition) is 1. The summed E-state index contributed by atoms with van der Waals surface area (Å²) < 4.78 is 0. The van der Waals surface area contributed by atoms with Gasteiger partial charge < -0.3 is 10.0 Å². The summed E-state index contributed by atoms with van der Waals surface area (Å²) >= 11 is 6.20. The molecule has 0 bridgehead atoms. The molecule has 0 saturated heterocycles. The highest BCUT2D eigenvalue weighted by Gasteiger charge is 2.40. The second kappa shape index (κ2) is 6.21. The summed E-state index contributed by atoms with van der Waals surface area (Å²) in [5.41, 5.74) is 3.37. The molecule has 5 rings (SSSR count). The van der Waals surface area contributed by atoms with Crippen LogP contribution in [0.3, 0.4) is 0 Å². The van der Waals surface area contributed by atoms with E-state index < -0.39 is 6.23 Å². The predicted octanol–water partition coefficient (Wildman–Crippen LogP) is 3.33. The number of anilines is 1. The molecule has 0 amide bonds. The zero-order valence-corrected chi connectivity index (χ0v) is 16.1. The van der Waals surface area contributed by atoms with Gasteiger partial charge in [0.2, 0.25) is 0 Å². The number of aliphatic hydroxyl groups is 1. The number of aryl methyl sites for hydroxylation is 1. The van der Waals surface area contributed by atoms with E-state index in [1.807, 2.05) is 11.8 Å². The molecule has 8 heteroatoms. The fourth-order valence-electron chi connectivity index (χ4n) is 3.82. The van der Waals surface area contributed by atoms with Crippen molar-refractivity contribution in [3.63, 3.8) is 0 Å². The van der Waals surface area contributed by atoms with Crippen molar-refractivity contribution in [2.45, 2.75) is 57.7 Å². The fourth-order valence-corrected chi connectivity index (χ4v) is 4.01. The summed E-state index contributed by atoms with van der Waals surface area (Å²) in [6, 6.07) is 0.127. The van der Waals surface area contributed by atoms with Crippen LogP contribution in [0.5, 0.6) is 0 Å². The molecule has 1 unspecified atom stereocenters. The Bertz CT molecular complexity index is 940. The molecule has 0 radical (unpaired) electrons. The lowest BCUT2D eigenvalue weighted by molar-refractivity contribution is 0.219. The third-order valence-electron chi connectivity index (χ3n) is 5.70. The molecular weight excluding hydrogens is 364 g/mol. The van der Waals surface area contributed by atoms with Gasteiger partial charge in [0.25, 0.3) is 0 Å². The Hall–Kier alpha value is -2.12. The van der Waals surface area contributed by atoms with Crippen LogP contribution in [-0.4, -0.2) is 42.5 Å². The molecule has 2 aliphatic carbocycles. The van der Waals surface area contributed by atoms with Crippen molar-refractivity contribution in [2.75, 3.05) is 4.90 Å². The van der Waals surface area contributed by atoms with Crippen molar-refractivity contribution in [2.24, 2.45) is 10.9 Å². The van der Waals surface area contributed by atoms with Crippen molar-refractivity contribution in [3.8, 4) is 11.4 Å². The Balaban J connectivity index is 1.64. The summed E-state index contributed by atoms with van der Waals surface area (Å²) in [4.78, 5) is 24.4. The summed E-state index contributed by atoms with van der Waals surface area (Å²) in [6.07, 6.45) is 6.90. The maximum atomic E-state index is 10.7. The highest BCUT2D eigenvalue weighted by Crippen LogP contribution is 2.45. The van der Waals surface area contributed by atoms with Crippen LogP contribution in [0, 0.1) is 12.8 Å². The van der Waals surface area contributed by atoms with Gasteiger partial charge in [0.15, 0.2) is 23.0 Å². The lowest BCUT2D eigenvalue weighted by Gasteiger charge is -2.37. The van der Waals surface area contributed by atoms with Gasteiger partial charge in [0.05, 0.1) is 23.1 Å². The largest absolute Gasteiger partial charge is 0.367 e. The molecular formula is C19H21ClN6O. The van der Waals surface area contributed by atoms with Gasteiger partial charge in [0, 0.05) is 12.0 Å². The minimum Gasteiger partial charge on any atom is -0.367 e. The van der Waals surface area contributed by atoms with E-state index in [0.29, 0.717) is 29.2 Å². The number of hydrogen-bond acceptors (Lipinski definition) is 7. The van der Waals surface area contributed by atoms with Gasteiger partial charge >= 0.3 is 0 Å². The molecule has 1 aliphatic heterocycles. The van der Waals surface area contributed by atoms with E-state index in [2.05, 4.69) is 26.9 Å². The highest BCUT2D eigenvalue weighted by molar-refractivity contribution is 6.67. The number of nitrogens with zero attached hydrogens (tertiary/aromatic N) is 6. The number of halogens is 1. The second-order valence-electron chi connectivity index (χ2n) is 7.69. The molecule has 0 aromatic carbocycles. The Kier molecular flexibility index (Phi) is 3.91. The average Bonchev–Trinajstić information content (AvgIpc) is 3.55. The van der Waals surface area contributed by atoms with Gasteiger partial charge in [-0.25, -0.2) is 24.9 Å². The van der Waals surface area contributed by atoms with Crippen LogP contribution in [0.25, 0.3) is 11.4 Å². The average molecular weight is 385 g/mol. The molecule has 0 spiro atoms. The summed E-state index contributed by atoms with van der Waals surface area (Å²) in [5.74, 6) is 2.21. The zero-order valence-electron chi connectivity index (χ0n) is 15.3. The molecule has 2 aromatic heterocycles. The molecule has 7 nitrogen and oxygen atoms in total. The molecule has 2 atom stereocenters. The third-order valence-corrected chi connectivity index (χ3v) is 5.97. The van der Waals surface area contributed by atoms with Crippen molar-refractivity contribution < 1.29 is 5.11 Å². The topological polar surface area (TPSA) is 87.4 Å². The first-order valence-corrected chi connectivity index (χ1v) is 9.81. The Labute approximate surface area is 162 Å². The number of aliphatic hydroxyl groups excluding tert-OH is 1. The molecule has 3 heterocycles. The van der Waals surface area contributed by atoms with Crippen LogP contribution >= 0.6 is 11.6 Å². The molecule has 140 valence electrons. The van der Waals surface area contributed by atoms with Gasteiger partial charge in [0.1, 0.15) is 12.0 Å². The van der Waals surface area contributed by atoms with Crippen LogP contribution in [0.15, 0.2) is 17.5 Å². The van der Waals surface area contributed by atoms with E-state index in [1.165, 1.54) is 0 Å². The van der Waals surface area contributed by atoms with Crippen LogP contribution in [0.2, 0.25) is 0 Å². The number of fused-ring (bicyclic) bond motifs is 1. The monoisotopic (exact) mass is 384 g/mol. The Morgan fingerprint density at radius 3 is 2.67 bits per heavy atom. The Morgan fingerprint density at radius 2 is 1.96 bits per heavy atom. The number of rotatable bonds is 4. The van der Waals surface area contributed by atoms with Gasteiger partial charge in [-0.05, 0) is 45.4 Å². The normalized spacial score (nSPS) is 23.0. The summed E-state index contributed by atoms with van der Waals surface area (Å²) in [6.45, 7) is 4.06. The maximum Gasteiger partial charge on any atom is 0.183 e. The SMILES string of the molecule is Cc1ncnc(C2CC2)c1-c1ncc2c(n1)N([C@@H](C)C1CC1)C(O)C(Cl)=N2. The minimum atomic E-state index is -0.978. The Morgan fingerprint density at radius 1 is 1.19 bits per heavy atom. The van der Waals surface area contributed by atoms with E-state index in [9.17, 15) is 5.11 Å². The molecule has 1 N–H and O–H groups in total. The van der Waals surface area contributed by atoms with Gasteiger partial charge in [-0.3, -0.25) is 0 Å². The molecule has 27 heavy (non-hydrogen) atoms. The van der Waals surface area contributed by atoms with Crippen molar-refractivity contribution in [1.82, 2.24) is 19.9 Å².